The van der Waals surface area contributed by atoms with Gasteiger partial charge in [-0.15, -0.1) is 0 Å². The summed E-state index contributed by atoms with van der Waals surface area (Å²) >= 11 is 0. The van der Waals surface area contributed by atoms with Crippen LogP contribution in [0.1, 0.15) is 33.1 Å². The molecule has 1 amide bonds. The summed E-state index contributed by atoms with van der Waals surface area (Å²) in [6, 6.07) is 0.132. The summed E-state index contributed by atoms with van der Waals surface area (Å²) in [5, 5.41) is 23.1. The molecule has 96 valence electrons. The first kappa shape index (κ1) is 15.2. The average Bonchev–Trinajstić information content (AvgIpc) is 2.21. The molecule has 0 saturated carbocycles. The van der Waals surface area contributed by atoms with Crippen molar-refractivity contribution in [2.24, 2.45) is 5.92 Å². The first-order valence-electron chi connectivity index (χ1n) is 5.87. The Balaban J connectivity index is 3.44. The molecule has 0 aliphatic heterocycles. The molecule has 5 heteroatoms. The van der Waals surface area contributed by atoms with E-state index in [1.807, 2.05) is 0 Å². The van der Waals surface area contributed by atoms with Crippen LogP contribution in [-0.2, 0) is 0 Å². The lowest BCUT2D eigenvalue weighted by atomic mass is 10.1. The molecule has 0 radical (unpaired) electrons. The minimum atomic E-state index is -0.975. The monoisotopic (exact) mass is 232 g/mol. The zero-order valence-electron chi connectivity index (χ0n) is 10.2. The van der Waals surface area contributed by atoms with E-state index in [1.54, 1.807) is 0 Å². The number of carbonyl (C=O) groups is 1. The minimum absolute atomic E-state index is 0.132. The normalized spacial score (nSPS) is 12.8. The van der Waals surface area contributed by atoms with E-state index in [-0.39, 0.29) is 12.6 Å². The van der Waals surface area contributed by atoms with E-state index in [9.17, 15) is 4.79 Å². The van der Waals surface area contributed by atoms with Gasteiger partial charge in [0, 0.05) is 12.6 Å². The molecule has 0 fully saturated rings. The van der Waals surface area contributed by atoms with E-state index in [1.165, 1.54) is 0 Å². The summed E-state index contributed by atoms with van der Waals surface area (Å²) in [4.78, 5) is 10.2. The Labute approximate surface area is 97.2 Å². The molecule has 0 aliphatic carbocycles. The number of nitrogens with one attached hydrogen (secondary N) is 2. The van der Waals surface area contributed by atoms with Crippen LogP contribution in [0.15, 0.2) is 0 Å². The number of aliphatic hydroxyl groups excluding tert-OH is 1. The van der Waals surface area contributed by atoms with Crippen LogP contribution in [-0.4, -0.2) is 42.0 Å². The van der Waals surface area contributed by atoms with Crippen molar-refractivity contribution < 1.29 is 15.0 Å². The maximum Gasteiger partial charge on any atom is 0.404 e. The molecule has 0 saturated heterocycles. The average molecular weight is 232 g/mol. The maximum absolute atomic E-state index is 10.2. The summed E-state index contributed by atoms with van der Waals surface area (Å²) in [6.45, 7) is 5.77. The van der Waals surface area contributed by atoms with Crippen LogP contribution in [0.3, 0.4) is 0 Å². The van der Waals surface area contributed by atoms with Crippen LogP contribution in [0.4, 0.5) is 4.79 Å². The number of hydrogen-bond donors (Lipinski definition) is 4. The van der Waals surface area contributed by atoms with Gasteiger partial charge < -0.3 is 20.8 Å². The van der Waals surface area contributed by atoms with E-state index in [4.69, 9.17) is 10.2 Å². The zero-order chi connectivity index (χ0) is 12.4. The topological polar surface area (TPSA) is 81.6 Å². The van der Waals surface area contributed by atoms with Crippen LogP contribution in [0.25, 0.3) is 0 Å². The van der Waals surface area contributed by atoms with Crippen LogP contribution in [0, 0.1) is 5.92 Å². The number of unbranched alkanes of at least 4 members (excludes halogenated alkanes) is 1. The molecular weight excluding hydrogens is 208 g/mol. The molecule has 0 spiro atoms. The van der Waals surface area contributed by atoms with Crippen molar-refractivity contribution in [3.8, 4) is 0 Å². The van der Waals surface area contributed by atoms with E-state index in [2.05, 4.69) is 24.5 Å². The van der Waals surface area contributed by atoms with Crippen molar-refractivity contribution in [1.29, 1.82) is 0 Å². The number of rotatable bonds is 9. The van der Waals surface area contributed by atoms with Crippen molar-refractivity contribution >= 4 is 6.09 Å². The fourth-order valence-corrected chi connectivity index (χ4v) is 1.37. The molecule has 16 heavy (non-hydrogen) atoms. The van der Waals surface area contributed by atoms with Crippen molar-refractivity contribution in [2.45, 2.75) is 39.2 Å². The molecule has 0 bridgehead atoms. The lowest BCUT2D eigenvalue weighted by Gasteiger charge is -2.17. The molecule has 0 aromatic carbocycles. The van der Waals surface area contributed by atoms with Gasteiger partial charge in [0.25, 0.3) is 0 Å². The zero-order valence-corrected chi connectivity index (χ0v) is 10.2. The van der Waals surface area contributed by atoms with Gasteiger partial charge in [-0.2, -0.15) is 0 Å². The van der Waals surface area contributed by atoms with Crippen molar-refractivity contribution in [3.63, 3.8) is 0 Å². The van der Waals surface area contributed by atoms with E-state index in [0.717, 1.165) is 25.8 Å². The molecule has 1 atom stereocenters. The van der Waals surface area contributed by atoms with Gasteiger partial charge in [-0.05, 0) is 25.3 Å². The highest BCUT2D eigenvalue weighted by molar-refractivity contribution is 5.64. The molecule has 0 aliphatic rings. The third-order valence-electron chi connectivity index (χ3n) is 2.29. The summed E-state index contributed by atoms with van der Waals surface area (Å²) < 4.78 is 0. The molecule has 4 N–H and O–H groups in total. The summed E-state index contributed by atoms with van der Waals surface area (Å²) in [6.07, 6.45) is 1.63. The second-order valence-corrected chi connectivity index (χ2v) is 4.41. The highest BCUT2D eigenvalue weighted by Crippen LogP contribution is 2.01. The maximum atomic E-state index is 10.2. The Morgan fingerprint density at radius 2 is 2.00 bits per heavy atom. The molecule has 0 aromatic heterocycles. The second kappa shape index (κ2) is 9.42. The first-order chi connectivity index (χ1) is 7.56. The third kappa shape index (κ3) is 9.73. The molecule has 5 nitrogen and oxygen atoms in total. The third-order valence-corrected chi connectivity index (χ3v) is 2.29. The van der Waals surface area contributed by atoms with Crippen LogP contribution in [0.2, 0.25) is 0 Å². The molecule has 0 rings (SSSR count). The lowest BCUT2D eigenvalue weighted by Crippen LogP contribution is -2.35. The van der Waals surface area contributed by atoms with Gasteiger partial charge in [-0.3, -0.25) is 0 Å². The highest BCUT2D eigenvalue weighted by atomic mass is 16.4. The fourth-order valence-electron chi connectivity index (χ4n) is 1.37. The van der Waals surface area contributed by atoms with Crippen molar-refractivity contribution in [3.05, 3.63) is 0 Å². The summed E-state index contributed by atoms with van der Waals surface area (Å²) in [5.74, 6) is 0.572. The lowest BCUT2D eigenvalue weighted by molar-refractivity contribution is 0.194. The Kier molecular flexibility index (Phi) is 8.94. The van der Waals surface area contributed by atoms with Gasteiger partial charge in [-0.1, -0.05) is 20.3 Å². The Hall–Kier alpha value is -0.810. The van der Waals surface area contributed by atoms with E-state index < -0.39 is 6.09 Å². The van der Waals surface area contributed by atoms with Crippen LogP contribution < -0.4 is 10.6 Å². The Morgan fingerprint density at radius 3 is 2.50 bits per heavy atom. The number of aliphatic hydroxyl groups is 1. The number of carboxylic acid groups (broad SMARTS) is 1. The number of amides is 1. The molecule has 0 aromatic rings. The van der Waals surface area contributed by atoms with Crippen molar-refractivity contribution in [1.82, 2.24) is 10.6 Å². The standard InChI is InChI=1S/C11H24N2O3/c1-9(2)7-13-10(8-14)5-3-4-6-12-11(15)16/h9-10,12-14H,3-8H2,1-2H3,(H,15,16). The highest BCUT2D eigenvalue weighted by Gasteiger charge is 2.06. The molecular formula is C11H24N2O3. The largest absolute Gasteiger partial charge is 0.465 e. The fraction of sp³-hybridized carbons (Fsp3) is 0.909. The van der Waals surface area contributed by atoms with Gasteiger partial charge in [0.15, 0.2) is 0 Å². The smallest absolute Gasteiger partial charge is 0.404 e. The second-order valence-electron chi connectivity index (χ2n) is 4.41. The quantitative estimate of drug-likeness (QED) is 0.448. The van der Waals surface area contributed by atoms with Gasteiger partial charge in [0.2, 0.25) is 0 Å². The van der Waals surface area contributed by atoms with E-state index >= 15 is 0 Å². The van der Waals surface area contributed by atoms with Crippen molar-refractivity contribution in [2.75, 3.05) is 19.7 Å². The SMILES string of the molecule is CC(C)CNC(CO)CCCCNC(=O)O. The summed E-state index contributed by atoms with van der Waals surface area (Å²) in [7, 11) is 0. The van der Waals surface area contributed by atoms with Crippen LogP contribution >= 0.6 is 0 Å². The summed E-state index contributed by atoms with van der Waals surface area (Å²) in [5.41, 5.74) is 0. The minimum Gasteiger partial charge on any atom is -0.465 e. The van der Waals surface area contributed by atoms with Gasteiger partial charge in [0.1, 0.15) is 0 Å². The van der Waals surface area contributed by atoms with Gasteiger partial charge in [-0.25, -0.2) is 4.79 Å². The predicted molar refractivity (Wildman–Crippen MR) is 63.6 cm³/mol. The van der Waals surface area contributed by atoms with Crippen LogP contribution in [0.5, 0.6) is 0 Å². The first-order valence-corrected chi connectivity index (χ1v) is 5.87. The molecule has 0 heterocycles. The Bertz CT molecular complexity index is 186. The van der Waals surface area contributed by atoms with Gasteiger partial charge in [0.05, 0.1) is 6.61 Å². The van der Waals surface area contributed by atoms with Gasteiger partial charge >= 0.3 is 6.09 Å². The predicted octanol–water partition coefficient (Wildman–Crippen LogP) is 1.03. The van der Waals surface area contributed by atoms with E-state index in [0.29, 0.717) is 12.5 Å². The Morgan fingerprint density at radius 1 is 1.31 bits per heavy atom. The number of hydrogen-bond acceptors (Lipinski definition) is 3. The molecule has 1 unspecified atom stereocenters.